The molecule has 6 nitrogen and oxygen atoms in total. The lowest BCUT2D eigenvalue weighted by atomic mass is 10.3. The second-order valence-corrected chi connectivity index (χ2v) is 6.22. The molecule has 118 valence electrons. The molecule has 0 saturated carbocycles. The molecule has 0 unspecified atom stereocenters. The molecule has 0 aliphatic rings. The highest BCUT2D eigenvalue weighted by atomic mass is 32.2. The van der Waals surface area contributed by atoms with E-state index in [0.29, 0.717) is 12.3 Å². The molecule has 1 heterocycles. The summed E-state index contributed by atoms with van der Waals surface area (Å²) in [5.41, 5.74) is 1.84. The van der Waals surface area contributed by atoms with Crippen LogP contribution in [0.15, 0.2) is 48.7 Å². The van der Waals surface area contributed by atoms with E-state index < -0.39 is 10.1 Å². The van der Waals surface area contributed by atoms with E-state index in [1.54, 1.807) is 18.3 Å². The first-order valence-corrected chi connectivity index (χ1v) is 8.56. The maximum Gasteiger partial charge on any atom is 0.264 e. The Balaban J connectivity index is 1.82. The van der Waals surface area contributed by atoms with Crippen LogP contribution in [-0.2, 0) is 20.8 Å². The van der Waals surface area contributed by atoms with Crippen molar-refractivity contribution < 1.29 is 17.3 Å². The fraction of sp³-hybridized carbons (Fsp3) is 0.267. The molecule has 0 radical (unpaired) electrons. The summed E-state index contributed by atoms with van der Waals surface area (Å²) in [5.74, 6) is 0.622. The van der Waals surface area contributed by atoms with Crippen molar-refractivity contribution >= 4 is 15.8 Å². The van der Waals surface area contributed by atoms with E-state index >= 15 is 0 Å². The number of para-hydroxylation sites is 1. The van der Waals surface area contributed by atoms with Gasteiger partial charge in [0.1, 0.15) is 19.0 Å². The third kappa shape index (κ3) is 6.11. The first-order chi connectivity index (χ1) is 10.5. The molecular formula is C15H18N2O4S. The predicted octanol–water partition coefficient (Wildman–Crippen LogP) is 2.05. The van der Waals surface area contributed by atoms with Gasteiger partial charge in [-0.25, -0.2) is 0 Å². The first-order valence-electron chi connectivity index (χ1n) is 6.74. The van der Waals surface area contributed by atoms with Gasteiger partial charge in [-0.15, -0.1) is 0 Å². The van der Waals surface area contributed by atoms with Crippen LogP contribution in [0.3, 0.4) is 0 Å². The standard InChI is InChI=1S/C15H18N2O4S/c1-22(18,19)21-10-9-20-15-7-8-16-14(11-15)12-17-13-5-3-2-4-6-13/h2-8,11,17H,9-10,12H2,1H3. The van der Waals surface area contributed by atoms with E-state index in [1.807, 2.05) is 30.3 Å². The van der Waals surface area contributed by atoms with Gasteiger partial charge < -0.3 is 10.1 Å². The third-order valence-electron chi connectivity index (χ3n) is 2.68. The predicted molar refractivity (Wildman–Crippen MR) is 84.3 cm³/mol. The number of pyridine rings is 1. The molecule has 0 aliphatic heterocycles. The summed E-state index contributed by atoms with van der Waals surface area (Å²) in [5, 5.41) is 3.25. The smallest absolute Gasteiger partial charge is 0.264 e. The normalized spacial score (nSPS) is 11.1. The van der Waals surface area contributed by atoms with Gasteiger partial charge in [0, 0.05) is 18.0 Å². The molecule has 1 aromatic heterocycles. The van der Waals surface area contributed by atoms with E-state index in [0.717, 1.165) is 17.6 Å². The number of anilines is 1. The first kappa shape index (κ1) is 16.3. The zero-order valence-corrected chi connectivity index (χ0v) is 13.0. The van der Waals surface area contributed by atoms with Crippen LogP contribution in [0, 0.1) is 0 Å². The highest BCUT2D eigenvalue weighted by Crippen LogP contribution is 2.13. The highest BCUT2D eigenvalue weighted by Gasteiger charge is 2.02. The highest BCUT2D eigenvalue weighted by molar-refractivity contribution is 7.85. The quantitative estimate of drug-likeness (QED) is 0.592. The number of nitrogens with zero attached hydrogens (tertiary/aromatic N) is 1. The molecule has 1 N–H and O–H groups in total. The van der Waals surface area contributed by atoms with Gasteiger partial charge in [0.25, 0.3) is 10.1 Å². The molecule has 0 amide bonds. The summed E-state index contributed by atoms with van der Waals surface area (Å²) in [7, 11) is -3.43. The van der Waals surface area contributed by atoms with Crippen LogP contribution >= 0.6 is 0 Å². The molecule has 7 heteroatoms. The minimum absolute atomic E-state index is 0.0151. The summed E-state index contributed by atoms with van der Waals surface area (Å²) < 4.78 is 31.7. The summed E-state index contributed by atoms with van der Waals surface area (Å²) in [6, 6.07) is 13.3. The Bertz CT molecular complexity index is 690. The van der Waals surface area contributed by atoms with Crippen LogP contribution in [0.5, 0.6) is 5.75 Å². The van der Waals surface area contributed by atoms with Crippen molar-refractivity contribution in [2.45, 2.75) is 6.54 Å². The molecule has 0 aliphatic carbocycles. The molecule has 1 aromatic carbocycles. The fourth-order valence-corrected chi connectivity index (χ4v) is 2.11. The largest absolute Gasteiger partial charge is 0.491 e. The molecular weight excluding hydrogens is 304 g/mol. The van der Waals surface area contributed by atoms with E-state index in [2.05, 4.69) is 14.5 Å². The minimum Gasteiger partial charge on any atom is -0.491 e. The second kappa shape index (κ2) is 7.77. The minimum atomic E-state index is -3.43. The zero-order chi connectivity index (χ0) is 15.8. The average Bonchev–Trinajstić information content (AvgIpc) is 2.50. The number of rotatable bonds is 8. The van der Waals surface area contributed by atoms with Crippen LogP contribution in [0.25, 0.3) is 0 Å². The van der Waals surface area contributed by atoms with E-state index in [-0.39, 0.29) is 13.2 Å². The van der Waals surface area contributed by atoms with Crippen molar-refractivity contribution in [3.05, 3.63) is 54.4 Å². The van der Waals surface area contributed by atoms with Crippen molar-refractivity contribution in [2.75, 3.05) is 24.8 Å². The number of hydrogen-bond acceptors (Lipinski definition) is 6. The van der Waals surface area contributed by atoms with Crippen molar-refractivity contribution in [1.82, 2.24) is 4.98 Å². The number of nitrogens with one attached hydrogen (secondary N) is 1. The van der Waals surface area contributed by atoms with Gasteiger partial charge in [-0.05, 0) is 18.2 Å². The van der Waals surface area contributed by atoms with E-state index in [1.165, 1.54) is 0 Å². The fourth-order valence-electron chi connectivity index (χ4n) is 1.74. The van der Waals surface area contributed by atoms with Crippen molar-refractivity contribution in [1.29, 1.82) is 0 Å². The Morgan fingerprint density at radius 1 is 1.14 bits per heavy atom. The summed E-state index contributed by atoms with van der Waals surface area (Å²) in [6.07, 6.45) is 2.65. The van der Waals surface area contributed by atoms with Gasteiger partial charge in [-0.1, -0.05) is 18.2 Å². The van der Waals surface area contributed by atoms with Gasteiger partial charge >= 0.3 is 0 Å². The number of ether oxygens (including phenoxy) is 1. The Morgan fingerprint density at radius 2 is 1.91 bits per heavy atom. The van der Waals surface area contributed by atoms with E-state index in [9.17, 15) is 8.42 Å². The molecule has 2 rings (SSSR count). The molecule has 22 heavy (non-hydrogen) atoms. The summed E-state index contributed by atoms with van der Waals surface area (Å²) in [6.45, 7) is 0.711. The van der Waals surface area contributed by atoms with Gasteiger partial charge in [-0.2, -0.15) is 8.42 Å². The lowest BCUT2D eigenvalue weighted by Gasteiger charge is -2.09. The second-order valence-electron chi connectivity index (χ2n) is 4.58. The maximum absolute atomic E-state index is 10.8. The Morgan fingerprint density at radius 3 is 2.64 bits per heavy atom. The monoisotopic (exact) mass is 322 g/mol. The van der Waals surface area contributed by atoms with Crippen molar-refractivity contribution in [2.24, 2.45) is 0 Å². The van der Waals surface area contributed by atoms with Gasteiger partial charge in [-0.3, -0.25) is 9.17 Å². The average molecular weight is 322 g/mol. The number of benzene rings is 1. The topological polar surface area (TPSA) is 77.5 Å². The Kier molecular flexibility index (Phi) is 5.74. The molecule has 0 atom stereocenters. The van der Waals surface area contributed by atoms with Crippen LogP contribution in [-0.4, -0.2) is 32.9 Å². The van der Waals surface area contributed by atoms with Gasteiger partial charge in [0.2, 0.25) is 0 Å². The van der Waals surface area contributed by atoms with Gasteiger partial charge in [0.05, 0.1) is 18.5 Å². The maximum atomic E-state index is 10.8. The Labute approximate surface area is 130 Å². The number of hydrogen-bond donors (Lipinski definition) is 1. The lowest BCUT2D eigenvalue weighted by Crippen LogP contribution is -2.11. The lowest BCUT2D eigenvalue weighted by molar-refractivity contribution is 0.222. The Hall–Kier alpha value is -2.12. The van der Waals surface area contributed by atoms with Crippen LogP contribution < -0.4 is 10.1 Å². The van der Waals surface area contributed by atoms with Crippen LogP contribution in [0.4, 0.5) is 5.69 Å². The number of aromatic nitrogens is 1. The third-order valence-corrected chi connectivity index (χ3v) is 3.28. The van der Waals surface area contributed by atoms with Crippen molar-refractivity contribution in [3.63, 3.8) is 0 Å². The van der Waals surface area contributed by atoms with Crippen molar-refractivity contribution in [3.8, 4) is 5.75 Å². The molecule has 0 saturated heterocycles. The molecule has 2 aromatic rings. The van der Waals surface area contributed by atoms with Gasteiger partial charge in [0.15, 0.2) is 0 Å². The summed E-state index contributed by atoms with van der Waals surface area (Å²) >= 11 is 0. The van der Waals surface area contributed by atoms with Crippen LogP contribution in [0.1, 0.15) is 5.69 Å². The van der Waals surface area contributed by atoms with E-state index in [4.69, 9.17) is 4.74 Å². The molecule has 0 spiro atoms. The molecule has 0 fully saturated rings. The SMILES string of the molecule is CS(=O)(=O)OCCOc1ccnc(CNc2ccccc2)c1. The van der Waals surface area contributed by atoms with Crippen LogP contribution in [0.2, 0.25) is 0 Å². The molecule has 0 bridgehead atoms. The zero-order valence-electron chi connectivity index (χ0n) is 12.2. The summed E-state index contributed by atoms with van der Waals surface area (Å²) in [4.78, 5) is 4.25.